The third-order valence-electron chi connectivity index (χ3n) is 5.55. The van der Waals surface area contributed by atoms with Gasteiger partial charge in [-0.25, -0.2) is 0 Å². The van der Waals surface area contributed by atoms with Crippen LogP contribution in [0.3, 0.4) is 0 Å². The first-order valence-corrected chi connectivity index (χ1v) is 9.71. The lowest BCUT2D eigenvalue weighted by atomic mass is 10.1. The monoisotopic (exact) mass is 363 g/mol. The standard InChI is InChI=1S/C22H25N3O2/c26-21(17-8-2-1-3-9-17)23-20-11-5-4-10-19(20)22(27)25-15-12-18(16-25)24-13-6-7-14-24/h1-5,8-11,18H,6-7,12-16H2,(H,23,26). The number of benzene rings is 2. The summed E-state index contributed by atoms with van der Waals surface area (Å²) in [5.74, 6) is -0.201. The molecule has 0 aromatic heterocycles. The van der Waals surface area contributed by atoms with Gasteiger partial charge in [0.25, 0.3) is 11.8 Å². The Bertz CT molecular complexity index is 815. The van der Waals surface area contributed by atoms with E-state index in [1.54, 1.807) is 24.3 Å². The van der Waals surface area contributed by atoms with E-state index in [0.717, 1.165) is 32.6 Å². The van der Waals surface area contributed by atoms with Crippen molar-refractivity contribution < 1.29 is 9.59 Å². The highest BCUT2D eigenvalue weighted by molar-refractivity contribution is 6.09. The Morgan fingerprint density at radius 2 is 1.59 bits per heavy atom. The summed E-state index contributed by atoms with van der Waals surface area (Å²) in [6.07, 6.45) is 3.56. The van der Waals surface area contributed by atoms with Crippen LogP contribution in [0.15, 0.2) is 54.6 Å². The van der Waals surface area contributed by atoms with Crippen molar-refractivity contribution in [2.75, 3.05) is 31.5 Å². The number of hydrogen-bond donors (Lipinski definition) is 1. The van der Waals surface area contributed by atoms with Crippen molar-refractivity contribution in [2.45, 2.75) is 25.3 Å². The highest BCUT2D eigenvalue weighted by Gasteiger charge is 2.32. The van der Waals surface area contributed by atoms with Gasteiger partial charge in [-0.05, 0) is 56.6 Å². The zero-order valence-electron chi connectivity index (χ0n) is 15.4. The van der Waals surface area contributed by atoms with Crippen LogP contribution in [0.25, 0.3) is 0 Å². The van der Waals surface area contributed by atoms with Crippen LogP contribution < -0.4 is 5.32 Å². The summed E-state index contributed by atoms with van der Waals surface area (Å²) in [5.41, 5.74) is 1.71. The normalized spacial score (nSPS) is 20.0. The van der Waals surface area contributed by atoms with E-state index in [0.29, 0.717) is 22.9 Å². The van der Waals surface area contributed by atoms with Crippen LogP contribution in [0.5, 0.6) is 0 Å². The molecule has 2 saturated heterocycles. The highest BCUT2D eigenvalue weighted by atomic mass is 16.2. The van der Waals surface area contributed by atoms with Crippen LogP contribution >= 0.6 is 0 Å². The molecule has 2 fully saturated rings. The van der Waals surface area contributed by atoms with Crippen LogP contribution in [-0.4, -0.2) is 53.8 Å². The van der Waals surface area contributed by atoms with E-state index in [1.807, 2.05) is 35.2 Å². The number of rotatable bonds is 4. The molecule has 0 radical (unpaired) electrons. The Kier molecular flexibility index (Phi) is 5.21. The second-order valence-electron chi connectivity index (χ2n) is 7.30. The Morgan fingerprint density at radius 1 is 0.889 bits per heavy atom. The third kappa shape index (κ3) is 3.88. The lowest BCUT2D eigenvalue weighted by Gasteiger charge is -2.24. The SMILES string of the molecule is O=C(Nc1ccccc1C(=O)N1CCC(N2CCCC2)C1)c1ccccc1. The molecule has 2 aliphatic rings. The molecule has 2 aliphatic heterocycles. The van der Waals surface area contributed by atoms with Crippen LogP contribution in [0.2, 0.25) is 0 Å². The first kappa shape index (κ1) is 17.7. The van der Waals surface area contributed by atoms with E-state index < -0.39 is 0 Å². The van der Waals surface area contributed by atoms with Gasteiger partial charge in [0.05, 0.1) is 11.3 Å². The number of para-hydroxylation sites is 1. The number of carbonyl (C=O) groups excluding carboxylic acids is 2. The summed E-state index contributed by atoms with van der Waals surface area (Å²) in [7, 11) is 0. The minimum atomic E-state index is -0.202. The lowest BCUT2D eigenvalue weighted by molar-refractivity contribution is 0.0781. The first-order valence-electron chi connectivity index (χ1n) is 9.71. The van der Waals surface area contributed by atoms with Crippen LogP contribution in [0.4, 0.5) is 5.69 Å². The maximum absolute atomic E-state index is 13.1. The molecule has 27 heavy (non-hydrogen) atoms. The van der Waals surface area contributed by atoms with Gasteiger partial charge in [0.1, 0.15) is 0 Å². The van der Waals surface area contributed by atoms with E-state index in [9.17, 15) is 9.59 Å². The number of carbonyl (C=O) groups is 2. The highest BCUT2D eigenvalue weighted by Crippen LogP contribution is 2.24. The number of nitrogens with one attached hydrogen (secondary N) is 1. The van der Waals surface area contributed by atoms with Gasteiger partial charge in [-0.15, -0.1) is 0 Å². The van der Waals surface area contributed by atoms with Gasteiger partial charge in [-0.3, -0.25) is 14.5 Å². The third-order valence-corrected chi connectivity index (χ3v) is 5.55. The largest absolute Gasteiger partial charge is 0.337 e. The van der Waals surface area contributed by atoms with Crippen LogP contribution in [-0.2, 0) is 0 Å². The maximum Gasteiger partial charge on any atom is 0.256 e. The van der Waals surface area contributed by atoms with Gasteiger partial charge in [-0.2, -0.15) is 0 Å². The van der Waals surface area contributed by atoms with Crippen molar-refractivity contribution in [3.8, 4) is 0 Å². The lowest BCUT2D eigenvalue weighted by Crippen LogP contribution is -2.37. The molecular formula is C22H25N3O2. The summed E-state index contributed by atoms with van der Waals surface area (Å²) in [6.45, 7) is 3.85. The van der Waals surface area contributed by atoms with Crippen molar-refractivity contribution in [2.24, 2.45) is 0 Å². The molecule has 0 bridgehead atoms. The Hall–Kier alpha value is -2.66. The van der Waals surface area contributed by atoms with E-state index in [1.165, 1.54) is 12.8 Å². The molecule has 4 rings (SSSR count). The summed E-state index contributed by atoms with van der Waals surface area (Å²) >= 11 is 0. The Labute approximate surface area is 160 Å². The molecule has 5 nitrogen and oxygen atoms in total. The number of amides is 2. The molecule has 1 atom stereocenters. The second kappa shape index (κ2) is 7.92. The van der Waals surface area contributed by atoms with Crippen molar-refractivity contribution in [3.05, 3.63) is 65.7 Å². The predicted molar refractivity (Wildman–Crippen MR) is 106 cm³/mol. The van der Waals surface area contributed by atoms with Crippen molar-refractivity contribution in [1.29, 1.82) is 0 Å². The van der Waals surface area contributed by atoms with Crippen molar-refractivity contribution in [3.63, 3.8) is 0 Å². The molecule has 2 aromatic rings. The summed E-state index contributed by atoms with van der Waals surface area (Å²) in [4.78, 5) is 30.0. The van der Waals surface area contributed by atoms with Gasteiger partial charge < -0.3 is 10.2 Å². The summed E-state index contributed by atoms with van der Waals surface area (Å²) in [5, 5.41) is 2.90. The summed E-state index contributed by atoms with van der Waals surface area (Å²) in [6, 6.07) is 16.8. The van der Waals surface area contributed by atoms with E-state index in [-0.39, 0.29) is 11.8 Å². The molecule has 2 aromatic carbocycles. The Balaban J connectivity index is 1.47. The van der Waals surface area contributed by atoms with Gasteiger partial charge in [0.2, 0.25) is 0 Å². The van der Waals surface area contributed by atoms with Crippen molar-refractivity contribution in [1.82, 2.24) is 9.80 Å². The topological polar surface area (TPSA) is 52.7 Å². The molecule has 1 N–H and O–H groups in total. The smallest absolute Gasteiger partial charge is 0.256 e. The van der Waals surface area contributed by atoms with E-state index in [2.05, 4.69) is 10.2 Å². The number of hydrogen-bond acceptors (Lipinski definition) is 3. The number of nitrogens with zero attached hydrogens (tertiary/aromatic N) is 2. The second-order valence-corrected chi connectivity index (χ2v) is 7.30. The molecule has 2 amide bonds. The average molecular weight is 363 g/mol. The predicted octanol–water partition coefficient (Wildman–Crippen LogP) is 3.25. The molecule has 0 saturated carbocycles. The zero-order valence-corrected chi connectivity index (χ0v) is 15.4. The molecule has 0 spiro atoms. The minimum Gasteiger partial charge on any atom is -0.337 e. The number of anilines is 1. The molecule has 0 aliphatic carbocycles. The van der Waals surface area contributed by atoms with Gasteiger partial charge in [-0.1, -0.05) is 30.3 Å². The summed E-state index contributed by atoms with van der Waals surface area (Å²) < 4.78 is 0. The van der Waals surface area contributed by atoms with E-state index in [4.69, 9.17) is 0 Å². The van der Waals surface area contributed by atoms with E-state index >= 15 is 0 Å². The Morgan fingerprint density at radius 3 is 2.37 bits per heavy atom. The molecule has 5 heteroatoms. The van der Waals surface area contributed by atoms with Crippen molar-refractivity contribution >= 4 is 17.5 Å². The average Bonchev–Trinajstić information content (AvgIpc) is 3.40. The molecular weight excluding hydrogens is 338 g/mol. The molecule has 2 heterocycles. The van der Waals surface area contributed by atoms with Gasteiger partial charge in [0, 0.05) is 24.7 Å². The fraction of sp³-hybridized carbons (Fsp3) is 0.364. The van der Waals surface area contributed by atoms with Gasteiger partial charge >= 0.3 is 0 Å². The quantitative estimate of drug-likeness (QED) is 0.907. The van der Waals surface area contributed by atoms with Crippen LogP contribution in [0.1, 0.15) is 40.0 Å². The number of likely N-dealkylation sites (tertiary alicyclic amines) is 2. The molecule has 140 valence electrons. The zero-order chi connectivity index (χ0) is 18.6. The maximum atomic E-state index is 13.1. The molecule has 1 unspecified atom stereocenters. The first-order chi connectivity index (χ1) is 13.2. The fourth-order valence-electron chi connectivity index (χ4n) is 4.06. The fourth-order valence-corrected chi connectivity index (χ4v) is 4.06. The minimum absolute atomic E-state index is 0.000610. The van der Waals surface area contributed by atoms with Gasteiger partial charge in [0.15, 0.2) is 0 Å². The van der Waals surface area contributed by atoms with Crippen LogP contribution in [0, 0.1) is 0 Å².